The molecule has 5 heteroatoms. The van der Waals surface area contributed by atoms with Gasteiger partial charge in [-0.15, -0.1) is 0 Å². The van der Waals surface area contributed by atoms with Crippen LogP contribution in [0.15, 0.2) is 24.3 Å². The van der Waals surface area contributed by atoms with Crippen LogP contribution in [-0.2, 0) is 9.31 Å². The molecule has 146 valence electrons. The third-order valence-corrected chi connectivity index (χ3v) is 12.7. The third kappa shape index (κ3) is 3.39. The van der Waals surface area contributed by atoms with E-state index in [1.165, 1.54) is 34.2 Å². The summed E-state index contributed by atoms with van der Waals surface area (Å²) in [5.74, 6) is 0. The highest BCUT2D eigenvalue weighted by atomic mass is 28.3. The second-order valence-corrected chi connectivity index (χ2v) is 14.2. The number of pyridine rings is 1. The molecular weight excluding hydrogens is 349 g/mol. The Balaban J connectivity index is 2.21. The molecule has 0 aliphatic carbocycles. The summed E-state index contributed by atoms with van der Waals surface area (Å²) in [5.41, 5.74) is 2.75. The molecule has 1 fully saturated rings. The Morgan fingerprint density at radius 1 is 0.926 bits per heavy atom. The van der Waals surface area contributed by atoms with Gasteiger partial charge >= 0.3 is 7.12 Å². The van der Waals surface area contributed by atoms with Crippen molar-refractivity contribution in [3.8, 4) is 0 Å². The Bertz CT molecular complexity index is 821. The lowest BCUT2D eigenvalue weighted by molar-refractivity contribution is 0.00578. The Morgan fingerprint density at radius 2 is 1.48 bits per heavy atom. The minimum Gasteiger partial charge on any atom is -0.399 e. The Hall–Kier alpha value is -1.17. The van der Waals surface area contributed by atoms with Gasteiger partial charge in [-0.25, -0.2) is 0 Å². The first-order valence-corrected chi connectivity index (χ1v) is 13.0. The third-order valence-electron chi connectivity index (χ3n) is 7.08. The number of aryl methyl sites for hydroxylation is 1. The van der Waals surface area contributed by atoms with Crippen LogP contribution in [0.25, 0.3) is 10.9 Å². The number of fused-ring (bicyclic) bond motifs is 1. The summed E-state index contributed by atoms with van der Waals surface area (Å²) in [6, 6.07) is 12.6. The molecule has 1 aromatic heterocycles. The van der Waals surface area contributed by atoms with Gasteiger partial charge in [-0.3, -0.25) is 4.98 Å². The van der Waals surface area contributed by atoms with E-state index in [2.05, 4.69) is 79.7 Å². The molecule has 1 aliphatic rings. The fourth-order valence-electron chi connectivity index (χ4n) is 4.20. The first kappa shape index (κ1) is 20.6. The van der Waals surface area contributed by atoms with Crippen molar-refractivity contribution in [2.45, 2.75) is 84.7 Å². The maximum Gasteiger partial charge on any atom is 0.494 e. The number of benzene rings is 1. The van der Waals surface area contributed by atoms with Gasteiger partial charge in [0.25, 0.3) is 0 Å². The summed E-state index contributed by atoms with van der Waals surface area (Å²) in [4.78, 5) is 4.96. The van der Waals surface area contributed by atoms with Crippen LogP contribution in [0.4, 0.5) is 0 Å². The van der Waals surface area contributed by atoms with Crippen LogP contribution >= 0.6 is 0 Å². The second kappa shape index (κ2) is 7.02. The number of rotatable bonds is 5. The monoisotopic (exact) mass is 383 g/mol. The van der Waals surface area contributed by atoms with Crippen molar-refractivity contribution < 1.29 is 9.31 Å². The maximum atomic E-state index is 6.36. The lowest BCUT2D eigenvalue weighted by Crippen LogP contribution is -2.49. The summed E-state index contributed by atoms with van der Waals surface area (Å²) in [6.07, 6.45) is 0. The van der Waals surface area contributed by atoms with E-state index in [0.29, 0.717) is 0 Å². The van der Waals surface area contributed by atoms with E-state index in [9.17, 15) is 0 Å². The molecule has 1 aliphatic heterocycles. The van der Waals surface area contributed by atoms with E-state index in [-0.39, 0.29) is 18.3 Å². The molecule has 27 heavy (non-hydrogen) atoms. The van der Waals surface area contributed by atoms with E-state index in [1.54, 1.807) is 0 Å². The van der Waals surface area contributed by atoms with Gasteiger partial charge in [0, 0.05) is 5.69 Å². The van der Waals surface area contributed by atoms with Crippen molar-refractivity contribution in [2.75, 3.05) is 0 Å². The lowest BCUT2D eigenvalue weighted by atomic mass is 9.78. The second-order valence-electron chi connectivity index (χ2n) is 9.02. The zero-order valence-electron chi connectivity index (χ0n) is 18.3. The van der Waals surface area contributed by atoms with Crippen LogP contribution in [0.3, 0.4) is 0 Å². The molecule has 2 heterocycles. The van der Waals surface area contributed by atoms with E-state index in [1.807, 2.05) is 0 Å². The largest absolute Gasteiger partial charge is 0.494 e. The quantitative estimate of drug-likeness (QED) is 0.710. The van der Waals surface area contributed by atoms with Crippen LogP contribution in [0.2, 0.25) is 18.1 Å². The SMILES string of the molecule is CC[Si](CC)(CC)c1cc(B2OC(C)(C)C(C)(C)O2)cc2ccc(C)nc12. The van der Waals surface area contributed by atoms with E-state index in [0.717, 1.165) is 11.2 Å². The smallest absolute Gasteiger partial charge is 0.399 e. The normalized spacial score (nSPS) is 19.0. The van der Waals surface area contributed by atoms with Crippen LogP contribution in [-0.4, -0.2) is 31.4 Å². The Morgan fingerprint density at radius 3 is 2.00 bits per heavy atom. The van der Waals surface area contributed by atoms with Gasteiger partial charge in [-0.2, -0.15) is 0 Å². The standard InChI is InChI=1S/C22H34BNO2Si/c1-9-27(10-2,11-3)19-15-18(14-17-13-12-16(4)24-20(17)19)23-25-21(5,6)22(7,8)26-23/h12-15H,9-11H2,1-8H3. The van der Waals surface area contributed by atoms with Gasteiger partial charge < -0.3 is 9.31 Å². The molecule has 3 nitrogen and oxygen atoms in total. The average molecular weight is 383 g/mol. The highest BCUT2D eigenvalue weighted by Crippen LogP contribution is 2.36. The number of hydrogen-bond donors (Lipinski definition) is 0. The van der Waals surface area contributed by atoms with Gasteiger partial charge in [0.05, 0.1) is 24.8 Å². The molecule has 0 spiro atoms. The van der Waals surface area contributed by atoms with Crippen LogP contribution < -0.4 is 10.6 Å². The lowest BCUT2D eigenvalue weighted by Gasteiger charge is -2.32. The summed E-state index contributed by atoms with van der Waals surface area (Å²) in [7, 11) is -1.93. The summed E-state index contributed by atoms with van der Waals surface area (Å²) in [5, 5.41) is 2.68. The average Bonchev–Trinajstić information content (AvgIpc) is 2.84. The molecule has 0 N–H and O–H groups in total. The summed E-state index contributed by atoms with van der Waals surface area (Å²) in [6.45, 7) is 17.6. The molecule has 0 saturated carbocycles. The van der Waals surface area contributed by atoms with Crippen LogP contribution in [0, 0.1) is 6.92 Å². The molecule has 0 amide bonds. The molecule has 1 aromatic carbocycles. The van der Waals surface area contributed by atoms with Crippen molar-refractivity contribution in [3.05, 3.63) is 30.0 Å². The molecule has 0 radical (unpaired) electrons. The van der Waals surface area contributed by atoms with Crippen molar-refractivity contribution in [1.82, 2.24) is 4.98 Å². The molecule has 0 atom stereocenters. The van der Waals surface area contributed by atoms with Crippen molar-refractivity contribution >= 4 is 36.7 Å². The first-order valence-electron chi connectivity index (χ1n) is 10.4. The fourth-order valence-corrected chi connectivity index (χ4v) is 8.01. The predicted molar refractivity (Wildman–Crippen MR) is 119 cm³/mol. The zero-order chi connectivity index (χ0) is 20.0. The number of hydrogen-bond acceptors (Lipinski definition) is 3. The number of aromatic nitrogens is 1. The highest BCUT2D eigenvalue weighted by Gasteiger charge is 2.52. The van der Waals surface area contributed by atoms with Gasteiger partial charge in [0.1, 0.15) is 0 Å². The van der Waals surface area contributed by atoms with E-state index in [4.69, 9.17) is 14.3 Å². The minimum atomic E-state index is -1.61. The van der Waals surface area contributed by atoms with Gasteiger partial charge in [-0.1, -0.05) is 57.1 Å². The Labute approximate surface area is 166 Å². The molecule has 0 bridgehead atoms. The van der Waals surface area contributed by atoms with Crippen molar-refractivity contribution in [1.29, 1.82) is 0 Å². The number of nitrogens with zero attached hydrogens (tertiary/aromatic N) is 1. The van der Waals surface area contributed by atoms with Crippen molar-refractivity contribution in [3.63, 3.8) is 0 Å². The Kier molecular flexibility index (Phi) is 5.34. The van der Waals surface area contributed by atoms with Gasteiger partial charge in [0.2, 0.25) is 0 Å². The zero-order valence-corrected chi connectivity index (χ0v) is 19.3. The molecule has 1 saturated heterocycles. The van der Waals surface area contributed by atoms with Crippen LogP contribution in [0.5, 0.6) is 0 Å². The molecular formula is C22H34BNO2Si. The predicted octanol–water partition coefficient (Wildman–Crippen LogP) is 4.56. The van der Waals surface area contributed by atoms with E-state index >= 15 is 0 Å². The summed E-state index contributed by atoms with van der Waals surface area (Å²) < 4.78 is 12.7. The van der Waals surface area contributed by atoms with Gasteiger partial charge in [0.15, 0.2) is 0 Å². The molecule has 3 rings (SSSR count). The maximum absolute atomic E-state index is 6.36. The highest BCUT2D eigenvalue weighted by molar-refractivity contribution is 6.93. The van der Waals surface area contributed by atoms with E-state index < -0.39 is 8.07 Å². The van der Waals surface area contributed by atoms with Gasteiger partial charge in [-0.05, 0) is 56.7 Å². The molecule has 0 unspecified atom stereocenters. The van der Waals surface area contributed by atoms with Crippen LogP contribution in [0.1, 0.15) is 54.2 Å². The topological polar surface area (TPSA) is 31.4 Å². The minimum absolute atomic E-state index is 0.322. The molecule has 2 aromatic rings. The summed E-state index contributed by atoms with van der Waals surface area (Å²) >= 11 is 0. The fraction of sp³-hybridized carbons (Fsp3) is 0.591. The first-order chi connectivity index (χ1) is 12.6. The van der Waals surface area contributed by atoms with Crippen molar-refractivity contribution in [2.24, 2.45) is 0 Å².